The molecule has 3 N–H and O–H groups in total. The predicted octanol–water partition coefficient (Wildman–Crippen LogP) is 2.47. The maximum absolute atomic E-state index is 12.2. The lowest BCUT2D eigenvalue weighted by Gasteiger charge is -2.09. The van der Waals surface area contributed by atoms with Gasteiger partial charge in [0.1, 0.15) is 0 Å². The predicted molar refractivity (Wildman–Crippen MR) is 90.8 cm³/mol. The van der Waals surface area contributed by atoms with Crippen LogP contribution in [0.1, 0.15) is 28.4 Å². The van der Waals surface area contributed by atoms with E-state index >= 15 is 0 Å². The van der Waals surface area contributed by atoms with Crippen molar-refractivity contribution < 1.29 is 4.79 Å². The summed E-state index contributed by atoms with van der Waals surface area (Å²) < 4.78 is 0. The molecule has 0 fully saturated rings. The lowest BCUT2D eigenvalue weighted by Crippen LogP contribution is -2.17. The molecule has 0 saturated heterocycles. The second kappa shape index (κ2) is 8.36. The molecule has 0 aliphatic heterocycles. The Morgan fingerprint density at radius 3 is 2.73 bits per heavy atom. The molecule has 22 heavy (non-hydrogen) atoms. The molecule has 1 amide bonds. The van der Waals surface area contributed by atoms with E-state index in [1.807, 2.05) is 31.2 Å². The molecule has 6 heteroatoms. The van der Waals surface area contributed by atoms with Gasteiger partial charge >= 0.3 is 0 Å². The molecular weight excluding hydrogens is 302 g/mol. The molecule has 2 rings (SSSR count). The van der Waals surface area contributed by atoms with Crippen LogP contribution in [0.2, 0.25) is 0 Å². The van der Waals surface area contributed by atoms with Gasteiger partial charge in [-0.25, -0.2) is 0 Å². The monoisotopic (exact) mass is 321 g/mol. The summed E-state index contributed by atoms with van der Waals surface area (Å²) in [4.78, 5) is 25.9. The molecule has 0 bridgehead atoms. The number of benzene rings is 1. The van der Waals surface area contributed by atoms with Crippen LogP contribution in [-0.4, -0.2) is 17.4 Å². The molecular formula is C16H20ClN3O2. The third-order valence-corrected chi connectivity index (χ3v) is 3.14. The molecule has 0 aliphatic carbocycles. The maximum atomic E-state index is 12.2. The third kappa shape index (κ3) is 4.72. The summed E-state index contributed by atoms with van der Waals surface area (Å²) in [5, 5.41) is 6.09. The molecule has 118 valence electrons. The van der Waals surface area contributed by atoms with Gasteiger partial charge in [0.2, 0.25) is 5.56 Å². The van der Waals surface area contributed by atoms with Gasteiger partial charge in [0.15, 0.2) is 0 Å². The number of anilines is 1. The number of pyridine rings is 1. The van der Waals surface area contributed by atoms with Gasteiger partial charge in [-0.05, 0) is 36.7 Å². The summed E-state index contributed by atoms with van der Waals surface area (Å²) >= 11 is 0. The Bertz CT molecular complexity index is 698. The van der Waals surface area contributed by atoms with E-state index in [4.69, 9.17) is 0 Å². The van der Waals surface area contributed by atoms with Gasteiger partial charge in [0.25, 0.3) is 5.91 Å². The van der Waals surface area contributed by atoms with Gasteiger partial charge in [-0.3, -0.25) is 9.59 Å². The number of H-pyrrole nitrogens is 1. The molecule has 5 nitrogen and oxygen atoms in total. The van der Waals surface area contributed by atoms with Crippen molar-refractivity contribution in [2.45, 2.75) is 20.4 Å². The van der Waals surface area contributed by atoms with Gasteiger partial charge in [0.05, 0.1) is 5.56 Å². The molecule has 0 radical (unpaired) electrons. The van der Waals surface area contributed by atoms with E-state index in [1.165, 1.54) is 12.3 Å². The molecule has 1 aromatic carbocycles. The van der Waals surface area contributed by atoms with E-state index in [9.17, 15) is 9.59 Å². The number of carbonyl (C=O) groups is 1. The van der Waals surface area contributed by atoms with E-state index < -0.39 is 0 Å². The van der Waals surface area contributed by atoms with Crippen LogP contribution >= 0.6 is 12.4 Å². The van der Waals surface area contributed by atoms with Crippen molar-refractivity contribution >= 4 is 24.0 Å². The highest BCUT2D eigenvalue weighted by Gasteiger charge is 2.10. The molecule has 0 spiro atoms. The van der Waals surface area contributed by atoms with Crippen LogP contribution in [0.25, 0.3) is 0 Å². The van der Waals surface area contributed by atoms with Crippen molar-refractivity contribution in [1.82, 2.24) is 10.3 Å². The van der Waals surface area contributed by atoms with Crippen molar-refractivity contribution in [3.63, 3.8) is 0 Å². The Kier molecular flexibility index (Phi) is 6.82. The third-order valence-electron chi connectivity index (χ3n) is 3.14. The van der Waals surface area contributed by atoms with Crippen molar-refractivity contribution in [3.05, 3.63) is 63.6 Å². The van der Waals surface area contributed by atoms with Gasteiger partial charge in [-0.15, -0.1) is 12.4 Å². The zero-order valence-corrected chi connectivity index (χ0v) is 13.4. The Balaban J connectivity index is 0.00000242. The first-order chi connectivity index (χ1) is 10.1. The van der Waals surface area contributed by atoms with Gasteiger partial charge < -0.3 is 15.6 Å². The zero-order valence-electron chi connectivity index (χ0n) is 12.6. The smallest absolute Gasteiger partial charge is 0.257 e. The molecule has 0 unspecified atom stereocenters. The summed E-state index contributed by atoms with van der Waals surface area (Å²) in [5.41, 5.74) is 2.75. The summed E-state index contributed by atoms with van der Waals surface area (Å²) in [6.45, 7) is 5.45. The van der Waals surface area contributed by atoms with Gasteiger partial charge in [-0.1, -0.05) is 19.1 Å². The fourth-order valence-corrected chi connectivity index (χ4v) is 2.04. The number of aromatic nitrogens is 1. The standard InChI is InChI=1S/C16H19N3O2.ClH/c1-3-17-9-12-5-4-6-13(8-12)19-16(21)14-10-18-15(20)7-11(14)2;/h4-8,10,17H,3,9H2,1-2H3,(H,18,20)(H,19,21);1H. The largest absolute Gasteiger partial charge is 0.328 e. The molecule has 0 saturated carbocycles. The van der Waals surface area contributed by atoms with Crippen molar-refractivity contribution in [2.75, 3.05) is 11.9 Å². The number of halogens is 1. The number of hydrogen-bond donors (Lipinski definition) is 3. The summed E-state index contributed by atoms with van der Waals surface area (Å²) in [7, 11) is 0. The Labute approximate surface area is 135 Å². The zero-order chi connectivity index (χ0) is 15.2. The number of amides is 1. The van der Waals surface area contributed by atoms with Crippen LogP contribution < -0.4 is 16.2 Å². The number of carbonyl (C=O) groups excluding carboxylic acids is 1. The lowest BCUT2D eigenvalue weighted by molar-refractivity contribution is 0.102. The van der Waals surface area contributed by atoms with Crippen LogP contribution in [0.4, 0.5) is 5.69 Å². The SMILES string of the molecule is CCNCc1cccc(NC(=O)c2c[nH]c(=O)cc2C)c1.Cl. The minimum Gasteiger partial charge on any atom is -0.328 e. The highest BCUT2D eigenvalue weighted by molar-refractivity contribution is 6.05. The van der Waals surface area contributed by atoms with E-state index in [1.54, 1.807) is 6.92 Å². The Morgan fingerprint density at radius 2 is 2.05 bits per heavy atom. The van der Waals surface area contributed by atoms with Gasteiger partial charge in [-0.2, -0.15) is 0 Å². The van der Waals surface area contributed by atoms with Crippen molar-refractivity contribution in [3.8, 4) is 0 Å². The van der Waals surface area contributed by atoms with E-state index in [2.05, 4.69) is 15.6 Å². The van der Waals surface area contributed by atoms with E-state index in [-0.39, 0.29) is 23.9 Å². The van der Waals surface area contributed by atoms with Crippen LogP contribution in [0.5, 0.6) is 0 Å². The quantitative estimate of drug-likeness (QED) is 0.792. The van der Waals surface area contributed by atoms with Crippen molar-refractivity contribution in [2.24, 2.45) is 0 Å². The van der Waals surface area contributed by atoms with Crippen molar-refractivity contribution in [1.29, 1.82) is 0 Å². The topological polar surface area (TPSA) is 74.0 Å². The van der Waals surface area contributed by atoms with Gasteiger partial charge in [0, 0.05) is 24.5 Å². The number of aryl methyl sites for hydroxylation is 1. The van der Waals surface area contributed by atoms with E-state index in [0.717, 1.165) is 24.3 Å². The average molecular weight is 322 g/mol. The lowest BCUT2D eigenvalue weighted by atomic mass is 10.1. The number of aromatic amines is 1. The molecule has 0 aliphatic rings. The first-order valence-electron chi connectivity index (χ1n) is 6.90. The Morgan fingerprint density at radius 1 is 1.27 bits per heavy atom. The second-order valence-corrected chi connectivity index (χ2v) is 4.83. The minimum absolute atomic E-state index is 0. The van der Waals surface area contributed by atoms with Crippen LogP contribution in [0.3, 0.4) is 0 Å². The molecule has 0 atom stereocenters. The van der Waals surface area contributed by atoms with E-state index in [0.29, 0.717) is 11.1 Å². The Hall–Kier alpha value is -2.11. The fraction of sp³-hybridized carbons (Fsp3) is 0.250. The minimum atomic E-state index is -0.232. The summed E-state index contributed by atoms with van der Waals surface area (Å²) in [5.74, 6) is -0.232. The highest BCUT2D eigenvalue weighted by atomic mass is 35.5. The summed E-state index contributed by atoms with van der Waals surface area (Å²) in [6, 6.07) is 9.10. The molecule has 2 aromatic rings. The number of nitrogens with one attached hydrogen (secondary N) is 3. The fourth-order valence-electron chi connectivity index (χ4n) is 2.04. The average Bonchev–Trinajstić information content (AvgIpc) is 2.45. The van der Waals surface area contributed by atoms with Crippen LogP contribution in [-0.2, 0) is 6.54 Å². The molecule has 1 heterocycles. The second-order valence-electron chi connectivity index (χ2n) is 4.83. The normalized spacial score (nSPS) is 9.91. The first-order valence-corrected chi connectivity index (χ1v) is 6.90. The number of hydrogen-bond acceptors (Lipinski definition) is 3. The highest BCUT2D eigenvalue weighted by Crippen LogP contribution is 2.13. The molecule has 1 aromatic heterocycles. The summed E-state index contributed by atoms with van der Waals surface area (Å²) in [6.07, 6.45) is 1.44. The maximum Gasteiger partial charge on any atom is 0.257 e. The number of rotatable bonds is 5. The van der Waals surface area contributed by atoms with Crippen LogP contribution in [0.15, 0.2) is 41.3 Å². The van der Waals surface area contributed by atoms with Crippen LogP contribution in [0, 0.1) is 6.92 Å². The first kappa shape index (κ1) is 17.9.